The maximum atomic E-state index is 13.2. The molecule has 1 heterocycles. The van der Waals surface area contributed by atoms with Gasteiger partial charge in [-0.05, 0) is 18.2 Å². The molecule has 0 atom stereocenters. The molecular weight excluding hydrogens is 268 g/mol. The molecule has 1 aromatic carbocycles. The fourth-order valence-electron chi connectivity index (χ4n) is 1.57. The number of hydrogen-bond acceptors (Lipinski definition) is 4. The second-order valence-corrected chi connectivity index (χ2v) is 3.89. The summed E-state index contributed by atoms with van der Waals surface area (Å²) in [4.78, 5) is 15.5. The van der Waals surface area contributed by atoms with E-state index in [-0.39, 0.29) is 22.8 Å². The van der Waals surface area contributed by atoms with Crippen molar-refractivity contribution in [1.29, 1.82) is 0 Å². The van der Waals surface area contributed by atoms with Crippen LogP contribution in [0.4, 0.5) is 20.3 Å². The summed E-state index contributed by atoms with van der Waals surface area (Å²) < 4.78 is 31.1. The number of ether oxygens (including phenoxy) is 1. The van der Waals surface area contributed by atoms with Crippen LogP contribution in [-0.4, -0.2) is 18.0 Å². The molecule has 0 fully saturated rings. The van der Waals surface area contributed by atoms with Crippen molar-refractivity contribution in [1.82, 2.24) is 4.98 Å². The predicted octanol–water partition coefficient (Wildman–Crippen LogP) is 2.20. The summed E-state index contributed by atoms with van der Waals surface area (Å²) in [6.07, 6.45) is 0.910. The Balaban J connectivity index is 2.25. The minimum Gasteiger partial charge on any atom is -0.494 e. The Morgan fingerprint density at radius 3 is 2.80 bits per heavy atom. The van der Waals surface area contributed by atoms with Crippen LogP contribution in [0.5, 0.6) is 5.75 Å². The third kappa shape index (κ3) is 2.82. The Morgan fingerprint density at radius 1 is 1.35 bits per heavy atom. The number of nitrogens with one attached hydrogen (secondary N) is 1. The Bertz CT molecular complexity index is 662. The van der Waals surface area contributed by atoms with Gasteiger partial charge in [-0.1, -0.05) is 0 Å². The minimum atomic E-state index is -0.680. The first-order chi connectivity index (χ1) is 9.51. The number of carbonyl (C=O) groups excluding carboxylic acids is 1. The zero-order valence-electron chi connectivity index (χ0n) is 10.5. The highest BCUT2D eigenvalue weighted by molar-refractivity contribution is 6.07. The lowest BCUT2D eigenvalue weighted by Gasteiger charge is -2.09. The Hall–Kier alpha value is -2.70. The minimum absolute atomic E-state index is 0.0202. The number of halogens is 2. The van der Waals surface area contributed by atoms with Crippen molar-refractivity contribution >= 4 is 17.4 Å². The third-order valence-electron chi connectivity index (χ3n) is 2.54. The number of nitrogen functional groups attached to an aromatic ring is 1. The molecule has 7 heteroatoms. The zero-order valence-corrected chi connectivity index (χ0v) is 10.5. The molecule has 0 aliphatic carbocycles. The number of amides is 1. The Labute approximate surface area is 113 Å². The lowest BCUT2D eigenvalue weighted by molar-refractivity contribution is 0.102. The van der Waals surface area contributed by atoms with Gasteiger partial charge in [0.15, 0.2) is 11.6 Å². The molecule has 0 aliphatic rings. The Kier molecular flexibility index (Phi) is 3.79. The number of nitrogens with zero attached hydrogens (tertiary/aromatic N) is 1. The van der Waals surface area contributed by atoms with E-state index in [2.05, 4.69) is 10.3 Å². The largest absolute Gasteiger partial charge is 0.494 e. The van der Waals surface area contributed by atoms with Gasteiger partial charge in [-0.15, -0.1) is 0 Å². The lowest BCUT2D eigenvalue weighted by Crippen LogP contribution is -2.15. The molecule has 104 valence electrons. The number of rotatable bonds is 3. The number of hydrogen-bond donors (Lipinski definition) is 2. The summed E-state index contributed by atoms with van der Waals surface area (Å²) in [5.74, 6) is -2.01. The van der Waals surface area contributed by atoms with Crippen molar-refractivity contribution < 1.29 is 18.3 Å². The van der Waals surface area contributed by atoms with Crippen molar-refractivity contribution in [2.24, 2.45) is 0 Å². The molecule has 5 nitrogen and oxygen atoms in total. The van der Waals surface area contributed by atoms with Gasteiger partial charge in [0.2, 0.25) is 0 Å². The number of aromatic nitrogens is 1. The molecule has 2 aromatic rings. The monoisotopic (exact) mass is 279 g/mol. The van der Waals surface area contributed by atoms with E-state index in [1.165, 1.54) is 19.2 Å². The van der Waals surface area contributed by atoms with Gasteiger partial charge in [0.25, 0.3) is 5.91 Å². The number of pyridine rings is 1. The Morgan fingerprint density at radius 2 is 2.10 bits per heavy atom. The van der Waals surface area contributed by atoms with Crippen molar-refractivity contribution in [2.45, 2.75) is 0 Å². The van der Waals surface area contributed by atoms with Crippen molar-refractivity contribution in [3.05, 3.63) is 47.7 Å². The highest BCUT2D eigenvalue weighted by Crippen LogP contribution is 2.22. The zero-order chi connectivity index (χ0) is 14.7. The van der Waals surface area contributed by atoms with E-state index in [0.29, 0.717) is 0 Å². The number of benzene rings is 1. The van der Waals surface area contributed by atoms with Gasteiger partial charge in [-0.2, -0.15) is 0 Å². The normalized spacial score (nSPS) is 10.2. The van der Waals surface area contributed by atoms with Crippen LogP contribution in [-0.2, 0) is 0 Å². The third-order valence-corrected chi connectivity index (χ3v) is 2.54. The van der Waals surface area contributed by atoms with Gasteiger partial charge in [0.05, 0.1) is 18.9 Å². The molecule has 1 aromatic heterocycles. The van der Waals surface area contributed by atoms with Crippen LogP contribution in [0.15, 0.2) is 30.5 Å². The van der Waals surface area contributed by atoms with Crippen LogP contribution < -0.4 is 15.8 Å². The fourth-order valence-corrected chi connectivity index (χ4v) is 1.57. The van der Waals surface area contributed by atoms with Crippen LogP contribution in [0.1, 0.15) is 10.4 Å². The van der Waals surface area contributed by atoms with Crippen LogP contribution in [0.2, 0.25) is 0 Å². The number of methoxy groups -OCH3 is 1. The van der Waals surface area contributed by atoms with E-state index in [9.17, 15) is 13.6 Å². The van der Waals surface area contributed by atoms with Gasteiger partial charge >= 0.3 is 0 Å². The highest BCUT2D eigenvalue weighted by atomic mass is 19.1. The quantitative estimate of drug-likeness (QED) is 0.903. The molecule has 0 saturated heterocycles. The maximum Gasteiger partial charge on any atom is 0.259 e. The second-order valence-electron chi connectivity index (χ2n) is 3.89. The predicted molar refractivity (Wildman–Crippen MR) is 69.5 cm³/mol. The molecular formula is C13H11F2N3O2. The standard InChI is InChI=1S/C13H11F2N3O2/c1-20-11-5-8(2-3-10(11)15)18-13(19)9-4-7(14)6-17-12(9)16/h2-6H,1H3,(H2,16,17)(H,18,19). The first kappa shape index (κ1) is 13.7. The summed E-state index contributed by atoms with van der Waals surface area (Å²) in [6, 6.07) is 4.76. The van der Waals surface area contributed by atoms with E-state index in [4.69, 9.17) is 10.5 Å². The molecule has 0 saturated carbocycles. The maximum absolute atomic E-state index is 13.2. The van der Waals surface area contributed by atoms with Gasteiger partial charge in [-0.25, -0.2) is 13.8 Å². The number of anilines is 2. The topological polar surface area (TPSA) is 77.2 Å². The van der Waals surface area contributed by atoms with E-state index in [0.717, 1.165) is 18.3 Å². The lowest BCUT2D eigenvalue weighted by atomic mass is 10.2. The van der Waals surface area contributed by atoms with E-state index >= 15 is 0 Å². The molecule has 0 bridgehead atoms. The summed E-state index contributed by atoms with van der Waals surface area (Å²) in [5.41, 5.74) is 5.69. The first-order valence-electron chi connectivity index (χ1n) is 5.57. The van der Waals surface area contributed by atoms with E-state index < -0.39 is 17.5 Å². The second kappa shape index (κ2) is 5.52. The number of carbonyl (C=O) groups is 1. The van der Waals surface area contributed by atoms with Crippen LogP contribution in [0.3, 0.4) is 0 Å². The average Bonchev–Trinajstić information content (AvgIpc) is 2.43. The summed E-state index contributed by atoms with van der Waals surface area (Å²) in [5, 5.41) is 2.46. The molecule has 0 aliphatic heterocycles. The summed E-state index contributed by atoms with van der Waals surface area (Å²) in [7, 11) is 1.30. The number of nitrogens with two attached hydrogens (primary N) is 1. The molecule has 0 unspecified atom stereocenters. The van der Waals surface area contributed by atoms with Gasteiger partial charge in [0, 0.05) is 11.8 Å². The van der Waals surface area contributed by atoms with Crippen LogP contribution >= 0.6 is 0 Å². The molecule has 0 spiro atoms. The van der Waals surface area contributed by atoms with Gasteiger partial charge < -0.3 is 15.8 Å². The molecule has 20 heavy (non-hydrogen) atoms. The molecule has 1 amide bonds. The van der Waals surface area contributed by atoms with Crippen molar-refractivity contribution in [3.63, 3.8) is 0 Å². The van der Waals surface area contributed by atoms with Gasteiger partial charge in [0.1, 0.15) is 11.6 Å². The molecule has 3 N–H and O–H groups in total. The summed E-state index contributed by atoms with van der Waals surface area (Å²) >= 11 is 0. The van der Waals surface area contributed by atoms with Crippen LogP contribution in [0.25, 0.3) is 0 Å². The van der Waals surface area contributed by atoms with E-state index in [1.54, 1.807) is 0 Å². The first-order valence-corrected chi connectivity index (χ1v) is 5.57. The molecule has 0 radical (unpaired) electrons. The SMILES string of the molecule is COc1cc(NC(=O)c2cc(F)cnc2N)ccc1F. The smallest absolute Gasteiger partial charge is 0.259 e. The average molecular weight is 279 g/mol. The van der Waals surface area contributed by atoms with Crippen molar-refractivity contribution in [2.75, 3.05) is 18.2 Å². The van der Waals surface area contributed by atoms with Crippen LogP contribution in [0, 0.1) is 11.6 Å². The van der Waals surface area contributed by atoms with Gasteiger partial charge in [-0.3, -0.25) is 4.79 Å². The van der Waals surface area contributed by atoms with E-state index in [1.807, 2.05) is 0 Å². The summed E-state index contributed by atoms with van der Waals surface area (Å²) in [6.45, 7) is 0. The van der Waals surface area contributed by atoms with Crippen molar-refractivity contribution in [3.8, 4) is 5.75 Å². The molecule has 2 rings (SSSR count). The fraction of sp³-hybridized carbons (Fsp3) is 0.0769. The highest BCUT2D eigenvalue weighted by Gasteiger charge is 2.13.